The molecule has 3 nitrogen and oxygen atoms in total. The SMILES string of the molecule is NC(=O)C(Nc1cccc(Br)c1)c1c(F)cccc1F. The lowest BCUT2D eigenvalue weighted by Gasteiger charge is -2.18. The summed E-state index contributed by atoms with van der Waals surface area (Å²) in [6, 6.07) is 8.95. The molecule has 0 aliphatic carbocycles. The molecule has 0 saturated heterocycles. The second kappa shape index (κ2) is 6.00. The topological polar surface area (TPSA) is 55.1 Å². The first-order chi connectivity index (χ1) is 9.49. The largest absolute Gasteiger partial charge is 0.370 e. The monoisotopic (exact) mass is 340 g/mol. The Hall–Kier alpha value is -1.95. The van der Waals surface area contributed by atoms with E-state index in [9.17, 15) is 13.6 Å². The molecule has 0 bridgehead atoms. The van der Waals surface area contributed by atoms with Gasteiger partial charge in [0.1, 0.15) is 17.7 Å². The maximum Gasteiger partial charge on any atom is 0.244 e. The zero-order valence-electron chi connectivity index (χ0n) is 10.2. The maximum absolute atomic E-state index is 13.7. The third-order valence-electron chi connectivity index (χ3n) is 2.71. The average Bonchev–Trinajstić information content (AvgIpc) is 2.37. The summed E-state index contributed by atoms with van der Waals surface area (Å²) in [6.07, 6.45) is 0. The smallest absolute Gasteiger partial charge is 0.244 e. The molecule has 0 heterocycles. The van der Waals surface area contributed by atoms with Crippen LogP contribution in [0.4, 0.5) is 14.5 Å². The average molecular weight is 341 g/mol. The zero-order chi connectivity index (χ0) is 14.7. The van der Waals surface area contributed by atoms with Crippen LogP contribution in [0.2, 0.25) is 0 Å². The van der Waals surface area contributed by atoms with E-state index in [1.54, 1.807) is 24.3 Å². The van der Waals surface area contributed by atoms with E-state index in [-0.39, 0.29) is 5.56 Å². The van der Waals surface area contributed by atoms with E-state index >= 15 is 0 Å². The number of rotatable bonds is 4. The van der Waals surface area contributed by atoms with Gasteiger partial charge in [-0.15, -0.1) is 0 Å². The van der Waals surface area contributed by atoms with E-state index in [0.29, 0.717) is 5.69 Å². The highest BCUT2D eigenvalue weighted by molar-refractivity contribution is 9.10. The summed E-state index contributed by atoms with van der Waals surface area (Å²) in [5, 5.41) is 2.73. The van der Waals surface area contributed by atoms with Gasteiger partial charge in [0.15, 0.2) is 0 Å². The lowest BCUT2D eigenvalue weighted by atomic mass is 10.0. The number of nitrogens with one attached hydrogen (secondary N) is 1. The number of nitrogens with two attached hydrogens (primary N) is 1. The van der Waals surface area contributed by atoms with Gasteiger partial charge in [0.25, 0.3) is 0 Å². The van der Waals surface area contributed by atoms with Crippen molar-refractivity contribution in [2.75, 3.05) is 5.32 Å². The van der Waals surface area contributed by atoms with Crippen LogP contribution in [0, 0.1) is 11.6 Å². The summed E-state index contributed by atoms with van der Waals surface area (Å²) in [5.74, 6) is -2.51. The highest BCUT2D eigenvalue weighted by Gasteiger charge is 2.24. The first-order valence-corrected chi connectivity index (χ1v) is 6.53. The van der Waals surface area contributed by atoms with Crippen LogP contribution in [0.3, 0.4) is 0 Å². The Morgan fingerprint density at radius 1 is 1.15 bits per heavy atom. The van der Waals surface area contributed by atoms with Crippen molar-refractivity contribution >= 4 is 27.5 Å². The molecule has 0 spiro atoms. The van der Waals surface area contributed by atoms with Crippen LogP contribution >= 0.6 is 15.9 Å². The highest BCUT2D eigenvalue weighted by atomic mass is 79.9. The molecule has 0 fully saturated rings. The Labute approximate surface area is 122 Å². The third-order valence-corrected chi connectivity index (χ3v) is 3.20. The summed E-state index contributed by atoms with van der Waals surface area (Å²) < 4.78 is 28.3. The van der Waals surface area contributed by atoms with Crippen molar-refractivity contribution in [1.29, 1.82) is 0 Å². The van der Waals surface area contributed by atoms with Gasteiger partial charge in [-0.3, -0.25) is 4.79 Å². The van der Waals surface area contributed by atoms with Crippen molar-refractivity contribution in [2.24, 2.45) is 5.73 Å². The van der Waals surface area contributed by atoms with Crippen LogP contribution in [-0.2, 0) is 4.79 Å². The Morgan fingerprint density at radius 2 is 1.75 bits per heavy atom. The summed E-state index contributed by atoms with van der Waals surface area (Å²) in [7, 11) is 0. The number of carbonyl (C=O) groups is 1. The van der Waals surface area contributed by atoms with E-state index in [4.69, 9.17) is 5.73 Å². The van der Waals surface area contributed by atoms with Gasteiger partial charge < -0.3 is 11.1 Å². The number of amides is 1. The number of halogens is 3. The molecule has 0 radical (unpaired) electrons. The summed E-state index contributed by atoms with van der Waals surface area (Å²) in [5.41, 5.74) is 5.38. The van der Waals surface area contributed by atoms with E-state index in [2.05, 4.69) is 21.2 Å². The van der Waals surface area contributed by atoms with Gasteiger partial charge in [-0.05, 0) is 30.3 Å². The maximum atomic E-state index is 13.7. The second-order valence-corrected chi connectivity index (χ2v) is 5.04. The normalized spacial score (nSPS) is 11.9. The molecule has 1 unspecified atom stereocenters. The fourth-order valence-electron chi connectivity index (χ4n) is 1.82. The first-order valence-electron chi connectivity index (χ1n) is 5.74. The minimum Gasteiger partial charge on any atom is -0.370 e. The van der Waals surface area contributed by atoms with E-state index in [1.807, 2.05) is 0 Å². The molecule has 0 aromatic heterocycles. The quantitative estimate of drug-likeness (QED) is 0.896. The van der Waals surface area contributed by atoms with E-state index < -0.39 is 23.6 Å². The molecule has 0 aliphatic rings. The third kappa shape index (κ3) is 3.14. The Morgan fingerprint density at radius 3 is 2.30 bits per heavy atom. The Bertz CT molecular complexity index is 629. The zero-order valence-corrected chi connectivity index (χ0v) is 11.8. The number of hydrogen-bond donors (Lipinski definition) is 2. The number of benzene rings is 2. The number of anilines is 1. The van der Waals surface area contributed by atoms with Crippen LogP contribution < -0.4 is 11.1 Å². The van der Waals surface area contributed by atoms with Gasteiger partial charge in [0.05, 0.1) is 5.56 Å². The van der Waals surface area contributed by atoms with Crippen LogP contribution in [0.5, 0.6) is 0 Å². The molecule has 2 aromatic rings. The number of primary amides is 1. The van der Waals surface area contributed by atoms with Gasteiger partial charge in [0.2, 0.25) is 5.91 Å². The molecule has 0 aliphatic heterocycles. The van der Waals surface area contributed by atoms with Gasteiger partial charge in [-0.2, -0.15) is 0 Å². The molecule has 104 valence electrons. The number of hydrogen-bond acceptors (Lipinski definition) is 2. The molecule has 1 atom stereocenters. The van der Waals surface area contributed by atoms with Crippen molar-refractivity contribution < 1.29 is 13.6 Å². The predicted molar refractivity (Wildman–Crippen MR) is 76.1 cm³/mol. The standard InChI is InChI=1S/C14H11BrF2N2O/c15-8-3-1-4-9(7-8)19-13(14(18)20)12-10(16)5-2-6-11(12)17/h1-7,13,19H,(H2,18,20). The number of carbonyl (C=O) groups excluding carboxylic acids is 1. The fraction of sp³-hybridized carbons (Fsp3) is 0.0714. The Balaban J connectivity index is 2.40. The Kier molecular flexibility index (Phi) is 4.34. The van der Waals surface area contributed by atoms with Gasteiger partial charge in [-0.1, -0.05) is 28.1 Å². The van der Waals surface area contributed by atoms with E-state index in [0.717, 1.165) is 16.6 Å². The summed E-state index contributed by atoms with van der Waals surface area (Å²) >= 11 is 3.27. The van der Waals surface area contributed by atoms with Crippen LogP contribution in [0.15, 0.2) is 46.9 Å². The lowest BCUT2D eigenvalue weighted by Crippen LogP contribution is -2.29. The molecular formula is C14H11BrF2N2O. The molecule has 2 rings (SSSR count). The lowest BCUT2D eigenvalue weighted by molar-refractivity contribution is -0.119. The predicted octanol–water partition coefficient (Wildman–Crippen LogP) is 3.37. The molecule has 6 heteroatoms. The van der Waals surface area contributed by atoms with Crippen molar-refractivity contribution in [3.63, 3.8) is 0 Å². The van der Waals surface area contributed by atoms with Crippen molar-refractivity contribution in [2.45, 2.75) is 6.04 Å². The van der Waals surface area contributed by atoms with Gasteiger partial charge in [-0.25, -0.2) is 8.78 Å². The fourth-order valence-corrected chi connectivity index (χ4v) is 2.22. The van der Waals surface area contributed by atoms with Crippen LogP contribution in [0.1, 0.15) is 11.6 Å². The molecular weight excluding hydrogens is 330 g/mol. The minimum absolute atomic E-state index is 0.389. The van der Waals surface area contributed by atoms with Crippen LogP contribution in [-0.4, -0.2) is 5.91 Å². The molecule has 20 heavy (non-hydrogen) atoms. The molecule has 3 N–H and O–H groups in total. The highest BCUT2D eigenvalue weighted by Crippen LogP contribution is 2.26. The molecule has 2 aromatic carbocycles. The minimum atomic E-state index is -1.29. The molecule has 1 amide bonds. The van der Waals surface area contributed by atoms with Crippen molar-refractivity contribution in [3.05, 3.63) is 64.1 Å². The van der Waals surface area contributed by atoms with Crippen LogP contribution in [0.25, 0.3) is 0 Å². The second-order valence-electron chi connectivity index (χ2n) is 4.13. The summed E-state index contributed by atoms with van der Waals surface area (Å²) in [4.78, 5) is 11.5. The van der Waals surface area contributed by atoms with Gasteiger partial charge >= 0.3 is 0 Å². The van der Waals surface area contributed by atoms with E-state index in [1.165, 1.54) is 6.07 Å². The summed E-state index contributed by atoms with van der Waals surface area (Å²) in [6.45, 7) is 0. The van der Waals surface area contributed by atoms with Gasteiger partial charge in [0, 0.05) is 10.2 Å². The first kappa shape index (κ1) is 14.5. The van der Waals surface area contributed by atoms with Crippen molar-refractivity contribution in [3.8, 4) is 0 Å². The molecule has 0 saturated carbocycles. The van der Waals surface area contributed by atoms with Crippen molar-refractivity contribution in [1.82, 2.24) is 0 Å².